The van der Waals surface area contributed by atoms with Gasteiger partial charge in [0.2, 0.25) is 5.91 Å². The number of nitrogens with one attached hydrogen (secondary N) is 4. The Morgan fingerprint density at radius 2 is 1.83 bits per heavy atom. The quantitative estimate of drug-likeness (QED) is 0.166. The monoisotopic (exact) mass is 639 g/mol. The van der Waals surface area contributed by atoms with Crippen LogP contribution in [0.3, 0.4) is 0 Å². The molecule has 5 aromatic rings. The molecular weight excluding hydrogens is 614 g/mol. The molecule has 0 fully saturated rings. The molecule has 14 nitrogen and oxygen atoms in total. The van der Waals surface area contributed by atoms with E-state index in [0.717, 1.165) is 0 Å². The average molecular weight is 640 g/mol. The van der Waals surface area contributed by atoms with Crippen molar-refractivity contribution in [1.29, 1.82) is 0 Å². The average Bonchev–Trinajstić information content (AvgIpc) is 3.61. The van der Waals surface area contributed by atoms with Gasteiger partial charge < -0.3 is 15.4 Å². The minimum Gasteiger partial charge on any atom is -0.453 e. The summed E-state index contributed by atoms with van der Waals surface area (Å²) < 4.78 is 6.03. The number of ether oxygens (including phenoxy) is 1. The molecule has 4 N–H and O–H groups in total. The molecule has 0 bridgehead atoms. The summed E-state index contributed by atoms with van der Waals surface area (Å²) in [4.78, 5) is 50.4. The second kappa shape index (κ2) is 14.5. The maximum atomic E-state index is 13.2. The van der Waals surface area contributed by atoms with E-state index in [2.05, 4.69) is 46.4 Å². The second-order valence-corrected chi connectivity index (χ2v) is 10.1. The van der Waals surface area contributed by atoms with Gasteiger partial charge in [-0.3, -0.25) is 19.7 Å². The summed E-state index contributed by atoms with van der Waals surface area (Å²) in [5, 5.41) is 26.5. The molecule has 5 rings (SSSR count). The minimum absolute atomic E-state index is 0.0547. The number of H-pyrrole nitrogens is 1. The number of aromatic amines is 1. The van der Waals surface area contributed by atoms with Crippen molar-refractivity contribution in [2.45, 2.75) is 6.04 Å². The Morgan fingerprint density at radius 3 is 2.54 bits per heavy atom. The van der Waals surface area contributed by atoms with Gasteiger partial charge in [-0.1, -0.05) is 41.9 Å². The van der Waals surface area contributed by atoms with Gasteiger partial charge >= 0.3 is 6.09 Å². The molecule has 232 valence electrons. The molecule has 3 aromatic carbocycles. The Bertz CT molecular complexity index is 1930. The fourth-order valence-corrected chi connectivity index (χ4v) is 4.54. The van der Waals surface area contributed by atoms with Gasteiger partial charge in [-0.25, -0.2) is 9.89 Å². The lowest BCUT2D eigenvalue weighted by Crippen LogP contribution is -2.38. The van der Waals surface area contributed by atoms with Crippen molar-refractivity contribution in [3.05, 3.63) is 123 Å². The summed E-state index contributed by atoms with van der Waals surface area (Å²) in [5.74, 6) is -0.881. The van der Waals surface area contributed by atoms with Crippen LogP contribution in [-0.2, 0) is 9.53 Å². The molecule has 0 aliphatic carbocycles. The Hall–Kier alpha value is -6.15. The maximum absolute atomic E-state index is 13.2. The largest absolute Gasteiger partial charge is 0.453 e. The van der Waals surface area contributed by atoms with Gasteiger partial charge in [-0.2, -0.15) is 9.78 Å². The van der Waals surface area contributed by atoms with Gasteiger partial charge in [-0.15, -0.1) is 5.10 Å². The number of aromatic nitrogens is 6. The van der Waals surface area contributed by atoms with Crippen molar-refractivity contribution < 1.29 is 19.1 Å². The predicted molar refractivity (Wildman–Crippen MR) is 169 cm³/mol. The van der Waals surface area contributed by atoms with E-state index in [0.29, 0.717) is 33.1 Å². The van der Waals surface area contributed by atoms with Crippen LogP contribution in [-0.4, -0.2) is 62.0 Å². The van der Waals surface area contributed by atoms with Crippen LogP contribution in [0.15, 0.2) is 96.1 Å². The summed E-state index contributed by atoms with van der Waals surface area (Å²) in [7, 11) is 1.25. The lowest BCUT2D eigenvalue weighted by Gasteiger charge is -2.19. The first kappa shape index (κ1) is 31.3. The summed E-state index contributed by atoms with van der Waals surface area (Å²) in [5.41, 5.74) is 2.62. The van der Waals surface area contributed by atoms with E-state index in [1.54, 1.807) is 78.9 Å². The van der Waals surface area contributed by atoms with Crippen molar-refractivity contribution in [2.24, 2.45) is 0 Å². The topological polar surface area (TPSA) is 186 Å². The lowest BCUT2D eigenvalue weighted by molar-refractivity contribution is -0.117. The highest BCUT2D eigenvalue weighted by Crippen LogP contribution is 2.22. The number of halogens is 1. The highest BCUT2D eigenvalue weighted by atomic mass is 35.5. The molecule has 2 aromatic heterocycles. The predicted octanol–water partition coefficient (Wildman–Crippen LogP) is 3.55. The van der Waals surface area contributed by atoms with Crippen molar-refractivity contribution in [1.82, 2.24) is 41.0 Å². The summed E-state index contributed by atoms with van der Waals surface area (Å²) in [6.45, 7) is -0.0547. The maximum Gasteiger partial charge on any atom is 0.411 e. The standard InChI is InChI=1S/C31H26ClN9O5/c1-46-31(45)35-23-11-7-19(8-12-23)24-16-25(37-38-30(24)44)26(17-33-29(43)20-5-3-2-4-6-20)36-28(42)14-9-21-15-22(32)10-13-27(21)41-18-34-39-40-41/h2-16,18,26H,17H2,1H3,(H,33,43)(H,35,45)(H,36,42)(H,38,44). The van der Waals surface area contributed by atoms with E-state index in [1.165, 1.54) is 30.3 Å². The number of hydrogen-bond acceptors (Lipinski definition) is 9. The first-order chi connectivity index (χ1) is 22.3. The van der Waals surface area contributed by atoms with Crippen LogP contribution in [0.1, 0.15) is 27.7 Å². The number of tetrazole rings is 1. The third-order valence-corrected chi connectivity index (χ3v) is 6.86. The van der Waals surface area contributed by atoms with E-state index in [-0.39, 0.29) is 23.7 Å². The van der Waals surface area contributed by atoms with Crippen LogP contribution in [0, 0.1) is 0 Å². The zero-order valence-electron chi connectivity index (χ0n) is 24.2. The zero-order chi connectivity index (χ0) is 32.5. The van der Waals surface area contributed by atoms with Crippen LogP contribution in [0.5, 0.6) is 0 Å². The fourth-order valence-electron chi connectivity index (χ4n) is 4.36. The number of carbonyl (C=O) groups excluding carboxylic acids is 3. The van der Waals surface area contributed by atoms with Crippen LogP contribution in [0.2, 0.25) is 5.02 Å². The first-order valence-electron chi connectivity index (χ1n) is 13.7. The zero-order valence-corrected chi connectivity index (χ0v) is 24.9. The number of hydrogen-bond donors (Lipinski definition) is 4. The SMILES string of the molecule is COC(=O)Nc1ccc(-c2cc(C(CNC(=O)c3ccccc3)NC(=O)C=Cc3cc(Cl)ccc3-n3cnnn3)n[nH]c2=O)cc1. The van der Waals surface area contributed by atoms with Crippen LogP contribution in [0.4, 0.5) is 10.5 Å². The van der Waals surface area contributed by atoms with E-state index >= 15 is 0 Å². The van der Waals surface area contributed by atoms with Crippen LogP contribution < -0.4 is 21.5 Å². The molecule has 46 heavy (non-hydrogen) atoms. The summed E-state index contributed by atoms with van der Waals surface area (Å²) in [6.07, 6.45) is 3.62. The second-order valence-electron chi connectivity index (χ2n) is 9.66. The highest BCUT2D eigenvalue weighted by Gasteiger charge is 2.19. The summed E-state index contributed by atoms with van der Waals surface area (Å²) >= 11 is 6.20. The number of anilines is 1. The number of benzene rings is 3. The molecule has 2 heterocycles. The third-order valence-electron chi connectivity index (χ3n) is 6.63. The Morgan fingerprint density at radius 1 is 1.04 bits per heavy atom. The van der Waals surface area contributed by atoms with E-state index in [4.69, 9.17) is 11.6 Å². The molecule has 0 saturated carbocycles. The number of nitrogens with zero attached hydrogens (tertiary/aromatic N) is 5. The third kappa shape index (κ3) is 7.86. The molecule has 0 spiro atoms. The van der Waals surface area contributed by atoms with Gasteiger partial charge in [-0.05, 0) is 70.6 Å². The van der Waals surface area contributed by atoms with Gasteiger partial charge in [0.1, 0.15) is 6.33 Å². The molecule has 3 amide bonds. The Balaban J connectivity index is 1.41. The molecule has 15 heteroatoms. The van der Waals surface area contributed by atoms with Crippen molar-refractivity contribution in [3.63, 3.8) is 0 Å². The number of methoxy groups -OCH3 is 1. The number of amides is 3. The number of carbonyl (C=O) groups is 3. The van der Waals surface area contributed by atoms with Gasteiger partial charge in [0.05, 0.1) is 30.1 Å². The lowest BCUT2D eigenvalue weighted by atomic mass is 10.0. The van der Waals surface area contributed by atoms with E-state index in [9.17, 15) is 19.2 Å². The Labute approximate surface area is 266 Å². The smallest absolute Gasteiger partial charge is 0.411 e. The molecule has 1 atom stereocenters. The molecule has 1 unspecified atom stereocenters. The van der Waals surface area contributed by atoms with E-state index in [1.807, 2.05) is 0 Å². The summed E-state index contributed by atoms with van der Waals surface area (Å²) in [6, 6.07) is 20.8. The normalized spacial score (nSPS) is 11.5. The van der Waals surface area contributed by atoms with Crippen molar-refractivity contribution in [3.8, 4) is 16.8 Å². The van der Waals surface area contributed by atoms with Gasteiger partial charge in [0, 0.05) is 34.5 Å². The van der Waals surface area contributed by atoms with E-state index < -0.39 is 23.6 Å². The van der Waals surface area contributed by atoms with Crippen molar-refractivity contribution >= 4 is 41.3 Å². The van der Waals surface area contributed by atoms with Crippen LogP contribution in [0.25, 0.3) is 22.9 Å². The molecule has 0 aliphatic heterocycles. The minimum atomic E-state index is -0.862. The molecule has 0 saturated heterocycles. The molecule has 0 radical (unpaired) electrons. The first-order valence-corrected chi connectivity index (χ1v) is 14.1. The fraction of sp³-hybridized carbons (Fsp3) is 0.0968. The molecular formula is C31H26ClN9O5. The number of rotatable bonds is 10. The van der Waals surface area contributed by atoms with Crippen LogP contribution >= 0.6 is 11.6 Å². The van der Waals surface area contributed by atoms with Gasteiger partial charge in [0.25, 0.3) is 11.5 Å². The Kier molecular flexibility index (Phi) is 9.89. The van der Waals surface area contributed by atoms with Gasteiger partial charge in [0.15, 0.2) is 0 Å². The van der Waals surface area contributed by atoms with Crippen molar-refractivity contribution in [2.75, 3.05) is 19.0 Å². The molecule has 0 aliphatic rings. The highest BCUT2D eigenvalue weighted by molar-refractivity contribution is 6.30.